The van der Waals surface area contributed by atoms with Crippen molar-refractivity contribution in [3.8, 4) is 5.75 Å². The van der Waals surface area contributed by atoms with Crippen molar-refractivity contribution >= 4 is 17.7 Å². The Bertz CT molecular complexity index is 912. The summed E-state index contributed by atoms with van der Waals surface area (Å²) in [7, 11) is 0. The van der Waals surface area contributed by atoms with Gasteiger partial charge in [0.2, 0.25) is 0 Å². The van der Waals surface area contributed by atoms with Gasteiger partial charge in [0.05, 0.1) is 0 Å². The van der Waals surface area contributed by atoms with Gasteiger partial charge in [0.25, 0.3) is 5.91 Å². The fourth-order valence-corrected chi connectivity index (χ4v) is 2.82. The van der Waals surface area contributed by atoms with E-state index >= 15 is 0 Å². The second-order valence-electron chi connectivity index (χ2n) is 6.36. The van der Waals surface area contributed by atoms with Gasteiger partial charge in [0, 0.05) is 29.6 Å². The van der Waals surface area contributed by atoms with Gasteiger partial charge in [-0.2, -0.15) is 0 Å². The van der Waals surface area contributed by atoms with E-state index in [0.29, 0.717) is 12.8 Å². The number of hydrogen-bond donors (Lipinski definition) is 1. The highest BCUT2D eigenvalue weighted by Gasteiger charge is 2.44. The fourth-order valence-electron chi connectivity index (χ4n) is 2.82. The molecule has 7 nitrogen and oxygen atoms in total. The zero-order chi connectivity index (χ0) is 21.2. The Hall–Kier alpha value is -3.43. The first-order valence-corrected chi connectivity index (χ1v) is 8.53. The van der Waals surface area contributed by atoms with E-state index in [4.69, 9.17) is 0 Å². The Balaban J connectivity index is 1.88. The van der Waals surface area contributed by atoms with Crippen LogP contribution in [0.3, 0.4) is 0 Å². The minimum absolute atomic E-state index is 0.0345. The number of carbonyl (C=O) groups excluding carboxylic acids is 2. The molecule has 1 aliphatic rings. The predicted octanol–water partition coefficient (Wildman–Crippen LogP) is 2.92. The number of carboxylic acids is 1. The van der Waals surface area contributed by atoms with Crippen LogP contribution in [0.1, 0.15) is 33.6 Å². The third-order valence-electron chi connectivity index (χ3n) is 4.22. The molecule has 3 rings (SSSR count). The Morgan fingerprint density at radius 3 is 2.24 bits per heavy atom. The summed E-state index contributed by atoms with van der Waals surface area (Å²) in [6, 6.07) is 4.72. The van der Waals surface area contributed by atoms with Crippen molar-refractivity contribution in [3.05, 3.63) is 59.9 Å². The smallest absolute Gasteiger partial charge is 0.479 e. The summed E-state index contributed by atoms with van der Waals surface area (Å²) in [6.07, 6.45) is -1.22. The average Bonchev–Trinajstić information content (AvgIpc) is 3.49. The highest BCUT2D eigenvalue weighted by molar-refractivity contribution is 6.14. The number of ether oxygens (including phenoxy) is 1. The van der Waals surface area contributed by atoms with Crippen molar-refractivity contribution in [2.75, 3.05) is 0 Å². The minimum atomic E-state index is -4.88. The van der Waals surface area contributed by atoms with Crippen LogP contribution in [-0.4, -0.2) is 51.1 Å². The van der Waals surface area contributed by atoms with Crippen molar-refractivity contribution in [2.45, 2.75) is 31.3 Å². The number of rotatable bonds is 7. The molecule has 1 aliphatic carbocycles. The molecule has 1 amide bonds. The van der Waals surface area contributed by atoms with Crippen LogP contribution >= 0.6 is 0 Å². The third-order valence-corrected chi connectivity index (χ3v) is 4.22. The topological polar surface area (TPSA) is 96.8 Å². The van der Waals surface area contributed by atoms with Crippen molar-refractivity contribution < 1.29 is 37.4 Å². The number of aromatic nitrogens is 1. The van der Waals surface area contributed by atoms with Gasteiger partial charge in [0.15, 0.2) is 11.8 Å². The zero-order valence-electron chi connectivity index (χ0n) is 14.8. The quantitative estimate of drug-likeness (QED) is 0.559. The highest BCUT2D eigenvalue weighted by Crippen LogP contribution is 2.32. The molecule has 0 spiro atoms. The summed E-state index contributed by atoms with van der Waals surface area (Å²) in [6.45, 7) is 0. The van der Waals surface area contributed by atoms with Crippen LogP contribution in [0, 0.1) is 0 Å². The fraction of sp³-hybridized carbons (Fsp3) is 0.263. The molecule has 0 bridgehead atoms. The van der Waals surface area contributed by atoms with Gasteiger partial charge in [0.1, 0.15) is 5.75 Å². The van der Waals surface area contributed by atoms with Crippen LogP contribution < -0.4 is 4.74 Å². The number of ketones is 1. The highest BCUT2D eigenvalue weighted by atomic mass is 19.4. The number of pyridine rings is 1. The number of carbonyl (C=O) groups is 3. The van der Waals surface area contributed by atoms with E-state index in [1.165, 1.54) is 24.5 Å². The van der Waals surface area contributed by atoms with Crippen LogP contribution in [0.25, 0.3) is 0 Å². The van der Waals surface area contributed by atoms with E-state index in [9.17, 15) is 32.7 Å². The molecule has 10 heteroatoms. The summed E-state index contributed by atoms with van der Waals surface area (Å²) >= 11 is 0. The third kappa shape index (κ3) is 4.89. The number of nitrogens with zero attached hydrogens (tertiary/aromatic N) is 2. The van der Waals surface area contributed by atoms with Crippen molar-refractivity contribution in [2.24, 2.45) is 0 Å². The van der Waals surface area contributed by atoms with E-state index in [-0.39, 0.29) is 11.1 Å². The lowest BCUT2D eigenvalue weighted by Crippen LogP contribution is -2.51. The molecule has 1 atom stereocenters. The van der Waals surface area contributed by atoms with E-state index in [0.717, 1.165) is 29.2 Å². The second-order valence-corrected chi connectivity index (χ2v) is 6.36. The van der Waals surface area contributed by atoms with Gasteiger partial charge in [-0.3, -0.25) is 14.6 Å². The van der Waals surface area contributed by atoms with Crippen molar-refractivity contribution in [1.82, 2.24) is 9.88 Å². The van der Waals surface area contributed by atoms with E-state index in [1.807, 2.05) is 0 Å². The summed E-state index contributed by atoms with van der Waals surface area (Å²) in [5.41, 5.74) is -0.0241. The number of carboxylic acid groups (broad SMARTS) is 1. The molecule has 29 heavy (non-hydrogen) atoms. The average molecular weight is 408 g/mol. The van der Waals surface area contributed by atoms with Gasteiger partial charge in [-0.25, -0.2) is 4.79 Å². The molecule has 2 aromatic rings. The lowest BCUT2D eigenvalue weighted by Gasteiger charge is -2.28. The number of hydrogen-bond acceptors (Lipinski definition) is 5. The Labute approximate surface area is 162 Å². The molecule has 1 unspecified atom stereocenters. The van der Waals surface area contributed by atoms with Gasteiger partial charge in [-0.15, -0.1) is 13.2 Å². The predicted molar refractivity (Wildman–Crippen MR) is 92.3 cm³/mol. The van der Waals surface area contributed by atoms with Gasteiger partial charge < -0.3 is 14.7 Å². The number of aliphatic carboxylic acids is 1. The molecule has 1 heterocycles. The molecule has 1 fully saturated rings. The molecule has 152 valence electrons. The van der Waals surface area contributed by atoms with E-state index in [2.05, 4.69) is 9.72 Å². The summed E-state index contributed by atoms with van der Waals surface area (Å²) in [4.78, 5) is 42.3. The first-order chi connectivity index (χ1) is 13.7. The molecular formula is C19H15F3N2O5. The summed E-state index contributed by atoms with van der Waals surface area (Å²) in [5, 5.41) is 9.64. The number of alkyl halides is 3. The molecule has 1 saturated carbocycles. The molecule has 1 N–H and O–H groups in total. The van der Waals surface area contributed by atoms with Crippen molar-refractivity contribution in [3.63, 3.8) is 0 Å². The Morgan fingerprint density at radius 1 is 1.10 bits per heavy atom. The molecule has 0 radical (unpaired) electrons. The molecule has 1 aromatic carbocycles. The second kappa shape index (κ2) is 7.90. The molecular weight excluding hydrogens is 393 g/mol. The zero-order valence-corrected chi connectivity index (χ0v) is 14.8. The number of halogens is 3. The Kier molecular flexibility index (Phi) is 5.53. The summed E-state index contributed by atoms with van der Waals surface area (Å²) < 4.78 is 40.6. The van der Waals surface area contributed by atoms with Gasteiger partial charge in [-0.05, 0) is 49.2 Å². The molecule has 0 saturated heterocycles. The van der Waals surface area contributed by atoms with Crippen LogP contribution in [0.4, 0.5) is 13.2 Å². The number of amides is 1. The standard InChI is InChI=1S/C19H15F3N2O5/c20-19(21,22)29-14-7-3-11(4-8-14)17(26)24(13-5-6-13)15(18(27)28)16(25)12-2-1-9-23-10-12/h1-4,7-10,13,15H,5-6H2,(H,27,28). The molecule has 0 aliphatic heterocycles. The van der Waals surface area contributed by atoms with Crippen LogP contribution in [0.2, 0.25) is 0 Å². The number of Topliss-reactive ketones (excluding diaryl/α,β-unsaturated/α-hetero) is 1. The molecule has 1 aromatic heterocycles. The largest absolute Gasteiger partial charge is 0.573 e. The first-order valence-electron chi connectivity index (χ1n) is 8.53. The van der Waals surface area contributed by atoms with Crippen molar-refractivity contribution in [1.29, 1.82) is 0 Å². The lowest BCUT2D eigenvalue weighted by molar-refractivity contribution is -0.274. The summed E-state index contributed by atoms with van der Waals surface area (Å²) in [5.74, 6) is -3.59. The monoisotopic (exact) mass is 408 g/mol. The SMILES string of the molecule is O=C(O)C(C(=O)c1cccnc1)N(C(=O)c1ccc(OC(F)(F)F)cc1)C1CC1. The normalized spacial score (nSPS) is 14.7. The maximum absolute atomic E-state index is 12.9. The number of benzene rings is 1. The lowest BCUT2D eigenvalue weighted by atomic mass is 10.0. The maximum atomic E-state index is 12.9. The van der Waals surface area contributed by atoms with Crippen LogP contribution in [-0.2, 0) is 4.79 Å². The van der Waals surface area contributed by atoms with E-state index in [1.54, 1.807) is 0 Å². The van der Waals surface area contributed by atoms with Gasteiger partial charge in [-0.1, -0.05) is 0 Å². The van der Waals surface area contributed by atoms with Crippen LogP contribution in [0.5, 0.6) is 5.75 Å². The first kappa shape index (κ1) is 20.3. The van der Waals surface area contributed by atoms with E-state index < -0.39 is 41.9 Å². The Morgan fingerprint density at radius 2 is 1.76 bits per heavy atom. The minimum Gasteiger partial charge on any atom is -0.479 e. The maximum Gasteiger partial charge on any atom is 0.573 e. The van der Waals surface area contributed by atoms with Crippen LogP contribution in [0.15, 0.2) is 48.8 Å². The van der Waals surface area contributed by atoms with Gasteiger partial charge >= 0.3 is 12.3 Å².